The largest absolute Gasteiger partial charge is 0.451 e. The van der Waals surface area contributed by atoms with Gasteiger partial charge in [-0.25, -0.2) is 4.98 Å². The summed E-state index contributed by atoms with van der Waals surface area (Å²) in [7, 11) is 0. The average Bonchev–Trinajstić information content (AvgIpc) is 3.52. The van der Waals surface area contributed by atoms with Crippen molar-refractivity contribution >= 4 is 34.0 Å². The van der Waals surface area contributed by atoms with E-state index in [1.54, 1.807) is 25.1 Å². The van der Waals surface area contributed by atoms with Crippen molar-refractivity contribution in [3.05, 3.63) is 81.3 Å². The number of para-hydroxylation sites is 1. The molecule has 160 valence electrons. The number of hydrogen-bond donors (Lipinski definition) is 2. The SMILES string of the molecule is CCc1c(C)nc(-n2nc(-c3cccs3)cc2NC(=O)c2cc3ccccc3o2)[nH]c1=O. The Labute approximate surface area is 186 Å². The lowest BCUT2D eigenvalue weighted by Gasteiger charge is -2.09. The number of nitrogens with zero attached hydrogens (tertiary/aromatic N) is 3. The zero-order valence-corrected chi connectivity index (χ0v) is 18.2. The number of benzene rings is 1. The molecule has 32 heavy (non-hydrogen) atoms. The maximum absolute atomic E-state index is 13.0. The lowest BCUT2D eigenvalue weighted by Crippen LogP contribution is -2.21. The van der Waals surface area contributed by atoms with E-state index in [4.69, 9.17) is 4.42 Å². The van der Waals surface area contributed by atoms with Crippen LogP contribution in [-0.4, -0.2) is 25.7 Å². The van der Waals surface area contributed by atoms with E-state index in [2.05, 4.69) is 20.4 Å². The van der Waals surface area contributed by atoms with Gasteiger partial charge in [-0.3, -0.25) is 14.6 Å². The Morgan fingerprint density at radius 2 is 2.06 bits per heavy atom. The number of hydrogen-bond acceptors (Lipinski definition) is 6. The highest BCUT2D eigenvalue weighted by Crippen LogP contribution is 2.28. The Bertz CT molecular complexity index is 1460. The average molecular weight is 446 g/mol. The number of aryl methyl sites for hydroxylation is 1. The highest BCUT2D eigenvalue weighted by atomic mass is 32.1. The van der Waals surface area contributed by atoms with E-state index >= 15 is 0 Å². The second-order valence-corrected chi connectivity index (χ2v) is 8.16. The van der Waals surface area contributed by atoms with Crippen molar-refractivity contribution in [1.82, 2.24) is 19.7 Å². The van der Waals surface area contributed by atoms with Crippen LogP contribution >= 0.6 is 11.3 Å². The zero-order chi connectivity index (χ0) is 22.2. The number of H-pyrrole nitrogens is 1. The van der Waals surface area contributed by atoms with Gasteiger partial charge in [0, 0.05) is 22.7 Å². The van der Waals surface area contributed by atoms with Crippen molar-refractivity contribution in [2.75, 3.05) is 5.32 Å². The van der Waals surface area contributed by atoms with Gasteiger partial charge in [-0.05, 0) is 36.9 Å². The first-order chi connectivity index (χ1) is 15.5. The van der Waals surface area contributed by atoms with Gasteiger partial charge < -0.3 is 9.73 Å². The third-order valence-electron chi connectivity index (χ3n) is 5.14. The van der Waals surface area contributed by atoms with E-state index in [0.29, 0.717) is 34.8 Å². The van der Waals surface area contributed by atoms with Crippen LogP contribution < -0.4 is 10.9 Å². The molecule has 0 radical (unpaired) electrons. The fourth-order valence-electron chi connectivity index (χ4n) is 3.56. The monoisotopic (exact) mass is 445 g/mol. The van der Waals surface area contributed by atoms with Crippen molar-refractivity contribution in [2.24, 2.45) is 0 Å². The molecular weight excluding hydrogens is 426 g/mol. The van der Waals surface area contributed by atoms with Gasteiger partial charge in [-0.1, -0.05) is 31.2 Å². The lowest BCUT2D eigenvalue weighted by atomic mass is 10.2. The molecule has 5 aromatic rings. The summed E-state index contributed by atoms with van der Waals surface area (Å²) in [5, 5.41) is 10.2. The Morgan fingerprint density at radius 3 is 2.78 bits per heavy atom. The molecule has 9 heteroatoms. The molecule has 4 heterocycles. The predicted octanol–water partition coefficient (Wildman–Crippen LogP) is 4.55. The molecule has 0 atom stereocenters. The summed E-state index contributed by atoms with van der Waals surface area (Å²) in [5.74, 6) is 0.345. The molecule has 0 saturated carbocycles. The highest BCUT2D eigenvalue weighted by Gasteiger charge is 2.19. The van der Waals surface area contributed by atoms with Crippen molar-refractivity contribution in [2.45, 2.75) is 20.3 Å². The number of anilines is 1. The number of amides is 1. The lowest BCUT2D eigenvalue weighted by molar-refractivity contribution is 0.0998. The number of nitrogens with one attached hydrogen (secondary N) is 2. The van der Waals surface area contributed by atoms with Gasteiger partial charge in [-0.15, -0.1) is 11.3 Å². The van der Waals surface area contributed by atoms with Crippen LogP contribution in [-0.2, 0) is 6.42 Å². The van der Waals surface area contributed by atoms with Crippen LogP contribution in [0.2, 0.25) is 0 Å². The van der Waals surface area contributed by atoms with Gasteiger partial charge in [-0.2, -0.15) is 9.78 Å². The van der Waals surface area contributed by atoms with Gasteiger partial charge in [0.25, 0.3) is 11.5 Å². The third-order valence-corrected chi connectivity index (χ3v) is 6.03. The van der Waals surface area contributed by atoms with Gasteiger partial charge in [0.2, 0.25) is 5.95 Å². The smallest absolute Gasteiger partial charge is 0.292 e. The van der Waals surface area contributed by atoms with E-state index in [9.17, 15) is 9.59 Å². The first-order valence-electron chi connectivity index (χ1n) is 10.1. The Hall–Kier alpha value is -3.98. The molecule has 0 fully saturated rings. The van der Waals surface area contributed by atoms with E-state index in [1.807, 2.05) is 42.6 Å². The number of carbonyl (C=O) groups excluding carboxylic acids is 1. The number of furan rings is 1. The molecule has 5 rings (SSSR count). The Morgan fingerprint density at radius 1 is 1.22 bits per heavy atom. The molecular formula is C23H19N5O3S. The topological polar surface area (TPSA) is 106 Å². The summed E-state index contributed by atoms with van der Waals surface area (Å²) < 4.78 is 7.12. The van der Waals surface area contributed by atoms with Gasteiger partial charge in [0.15, 0.2) is 5.76 Å². The molecule has 0 aliphatic rings. The number of thiophene rings is 1. The molecule has 1 amide bonds. The number of aromatic nitrogens is 4. The summed E-state index contributed by atoms with van der Waals surface area (Å²) in [4.78, 5) is 33.7. The maximum atomic E-state index is 13.0. The minimum Gasteiger partial charge on any atom is -0.451 e. The molecule has 4 aromatic heterocycles. The highest BCUT2D eigenvalue weighted by molar-refractivity contribution is 7.13. The molecule has 0 aliphatic heterocycles. The molecule has 0 unspecified atom stereocenters. The fourth-order valence-corrected chi connectivity index (χ4v) is 4.24. The third kappa shape index (κ3) is 3.52. The minimum atomic E-state index is -0.427. The Balaban J connectivity index is 1.58. The van der Waals surface area contributed by atoms with Crippen LogP contribution in [0.3, 0.4) is 0 Å². The van der Waals surface area contributed by atoms with Crippen LogP contribution in [0.4, 0.5) is 5.82 Å². The van der Waals surface area contributed by atoms with Crippen molar-refractivity contribution < 1.29 is 9.21 Å². The van der Waals surface area contributed by atoms with Crippen molar-refractivity contribution in [3.63, 3.8) is 0 Å². The summed E-state index contributed by atoms with van der Waals surface area (Å²) in [6.07, 6.45) is 0.573. The summed E-state index contributed by atoms with van der Waals surface area (Å²) in [6.45, 7) is 3.69. The summed E-state index contributed by atoms with van der Waals surface area (Å²) in [5.41, 5.74) is 2.29. The predicted molar refractivity (Wildman–Crippen MR) is 124 cm³/mol. The quantitative estimate of drug-likeness (QED) is 0.413. The van der Waals surface area contributed by atoms with E-state index in [-0.39, 0.29) is 17.3 Å². The van der Waals surface area contributed by atoms with E-state index < -0.39 is 5.91 Å². The number of aromatic amines is 1. The van der Waals surface area contributed by atoms with Gasteiger partial charge in [0.05, 0.1) is 4.88 Å². The van der Waals surface area contributed by atoms with Crippen LogP contribution in [0.15, 0.2) is 63.1 Å². The molecule has 0 spiro atoms. The summed E-state index contributed by atoms with van der Waals surface area (Å²) in [6, 6.07) is 14.7. The molecule has 0 saturated heterocycles. The molecule has 0 bridgehead atoms. The second-order valence-electron chi connectivity index (χ2n) is 7.21. The molecule has 2 N–H and O–H groups in total. The second kappa shape index (κ2) is 7.93. The first kappa shape index (κ1) is 20.0. The zero-order valence-electron chi connectivity index (χ0n) is 17.4. The standard InChI is InChI=1S/C23H19N5O3S/c1-3-15-13(2)24-23(26-21(15)29)28-20(12-16(27-28)19-9-6-10-32-19)25-22(30)18-11-14-7-4-5-8-17(14)31-18/h4-12H,3H2,1-2H3,(H,25,30)(H,24,26,29). The normalized spacial score (nSPS) is 11.2. The maximum Gasteiger partial charge on any atom is 0.292 e. The van der Waals surface area contributed by atoms with Crippen molar-refractivity contribution in [1.29, 1.82) is 0 Å². The molecule has 0 aliphatic carbocycles. The number of carbonyl (C=O) groups is 1. The number of fused-ring (bicyclic) bond motifs is 1. The van der Waals surface area contributed by atoms with Gasteiger partial charge in [0.1, 0.15) is 17.1 Å². The van der Waals surface area contributed by atoms with Crippen LogP contribution in [0.25, 0.3) is 27.5 Å². The van der Waals surface area contributed by atoms with Crippen LogP contribution in [0.1, 0.15) is 28.7 Å². The summed E-state index contributed by atoms with van der Waals surface area (Å²) >= 11 is 1.52. The van der Waals surface area contributed by atoms with E-state index in [1.165, 1.54) is 16.0 Å². The van der Waals surface area contributed by atoms with Crippen LogP contribution in [0, 0.1) is 6.92 Å². The first-order valence-corrected chi connectivity index (χ1v) is 11.0. The van der Waals surface area contributed by atoms with E-state index in [0.717, 1.165) is 10.3 Å². The fraction of sp³-hybridized carbons (Fsp3) is 0.130. The van der Waals surface area contributed by atoms with Crippen LogP contribution in [0.5, 0.6) is 0 Å². The molecule has 8 nitrogen and oxygen atoms in total. The van der Waals surface area contributed by atoms with Gasteiger partial charge >= 0.3 is 0 Å². The van der Waals surface area contributed by atoms with Crippen molar-refractivity contribution in [3.8, 4) is 16.5 Å². The Kier molecular flexibility index (Phi) is 4.95. The number of rotatable bonds is 5. The minimum absolute atomic E-state index is 0.176. The molecule has 1 aromatic carbocycles.